The van der Waals surface area contributed by atoms with Crippen molar-refractivity contribution in [2.75, 3.05) is 0 Å². The Morgan fingerprint density at radius 1 is 1.40 bits per heavy atom. The Hall–Kier alpha value is -0.720. The Balaban J connectivity index is 2.43. The molecule has 1 nitrogen and oxygen atoms in total. The minimum atomic E-state index is 0.703. The number of hydrogen-bond acceptors (Lipinski definition) is 1. The zero-order chi connectivity index (χ0) is 7.14. The average Bonchev–Trinajstić information content (AvgIpc) is 2.41. The smallest absolute Gasteiger partial charge is 0.0940 e. The molecular weight excluding hydrogens is 124 g/mol. The second-order valence-electron chi connectivity index (χ2n) is 3.32. The predicted octanol–water partition coefficient (Wildman–Crippen LogP) is 2.58. The van der Waals surface area contributed by atoms with Crippen LogP contribution in [0.15, 0.2) is 16.9 Å². The first kappa shape index (κ1) is 6.02. The topological polar surface area (TPSA) is 13.1 Å². The summed E-state index contributed by atoms with van der Waals surface area (Å²) in [6.45, 7) is 4.57. The van der Waals surface area contributed by atoms with Crippen LogP contribution in [0.5, 0.6) is 0 Å². The minimum absolute atomic E-state index is 0.703. The molecule has 1 aliphatic rings. The maximum absolute atomic E-state index is 5.11. The molecule has 54 valence electrons. The average molecular weight is 136 g/mol. The number of hydrogen-bond donors (Lipinski definition) is 0. The normalized spacial score (nSPS) is 30.6. The maximum Gasteiger partial charge on any atom is 0.0940 e. The SMILES string of the molecule is CC1Cc2cocc2C1C. The molecule has 0 bridgehead atoms. The highest BCUT2D eigenvalue weighted by Crippen LogP contribution is 2.37. The fraction of sp³-hybridized carbons (Fsp3) is 0.556. The van der Waals surface area contributed by atoms with Crippen LogP contribution in [0, 0.1) is 5.92 Å². The van der Waals surface area contributed by atoms with Crippen molar-refractivity contribution in [2.24, 2.45) is 5.92 Å². The summed E-state index contributed by atoms with van der Waals surface area (Å²) in [4.78, 5) is 0. The van der Waals surface area contributed by atoms with Gasteiger partial charge in [-0.1, -0.05) is 13.8 Å². The number of furan rings is 1. The third-order valence-corrected chi connectivity index (χ3v) is 2.66. The molecule has 0 saturated carbocycles. The molecule has 0 aliphatic heterocycles. The summed E-state index contributed by atoms with van der Waals surface area (Å²) in [6.07, 6.45) is 4.98. The fourth-order valence-corrected chi connectivity index (χ4v) is 1.73. The number of fused-ring (bicyclic) bond motifs is 1. The van der Waals surface area contributed by atoms with Gasteiger partial charge in [0.05, 0.1) is 12.5 Å². The minimum Gasteiger partial charge on any atom is -0.472 e. The lowest BCUT2D eigenvalue weighted by Gasteiger charge is -2.07. The van der Waals surface area contributed by atoms with Gasteiger partial charge in [-0.25, -0.2) is 0 Å². The van der Waals surface area contributed by atoms with Crippen LogP contribution in [-0.4, -0.2) is 0 Å². The van der Waals surface area contributed by atoms with Crippen molar-refractivity contribution in [3.8, 4) is 0 Å². The van der Waals surface area contributed by atoms with Gasteiger partial charge >= 0.3 is 0 Å². The Morgan fingerprint density at radius 2 is 2.20 bits per heavy atom. The molecule has 0 aromatic carbocycles. The Kier molecular flexibility index (Phi) is 1.13. The summed E-state index contributed by atoms with van der Waals surface area (Å²) in [5.41, 5.74) is 2.84. The van der Waals surface area contributed by atoms with Crippen molar-refractivity contribution in [3.63, 3.8) is 0 Å². The molecule has 2 atom stereocenters. The molecule has 1 heteroatoms. The molecule has 1 aliphatic carbocycles. The Morgan fingerprint density at radius 3 is 2.90 bits per heavy atom. The van der Waals surface area contributed by atoms with E-state index in [4.69, 9.17) is 4.42 Å². The van der Waals surface area contributed by atoms with E-state index in [1.807, 2.05) is 12.5 Å². The van der Waals surface area contributed by atoms with E-state index in [9.17, 15) is 0 Å². The van der Waals surface area contributed by atoms with E-state index in [0.29, 0.717) is 5.92 Å². The number of rotatable bonds is 0. The molecule has 10 heavy (non-hydrogen) atoms. The van der Waals surface area contributed by atoms with E-state index in [1.54, 1.807) is 0 Å². The summed E-state index contributed by atoms with van der Waals surface area (Å²) in [5, 5.41) is 0. The van der Waals surface area contributed by atoms with Gasteiger partial charge in [-0.05, 0) is 29.4 Å². The summed E-state index contributed by atoms with van der Waals surface area (Å²) < 4.78 is 5.11. The second-order valence-corrected chi connectivity index (χ2v) is 3.32. The summed E-state index contributed by atoms with van der Waals surface area (Å²) in [5.74, 6) is 1.51. The van der Waals surface area contributed by atoms with Crippen LogP contribution in [0.1, 0.15) is 30.9 Å². The van der Waals surface area contributed by atoms with Gasteiger partial charge in [0.2, 0.25) is 0 Å². The molecular formula is C9H12O. The second kappa shape index (κ2) is 1.88. The zero-order valence-corrected chi connectivity index (χ0v) is 6.42. The van der Waals surface area contributed by atoms with Crippen LogP contribution in [0.2, 0.25) is 0 Å². The van der Waals surface area contributed by atoms with E-state index in [1.165, 1.54) is 17.5 Å². The third-order valence-electron chi connectivity index (χ3n) is 2.66. The zero-order valence-electron chi connectivity index (χ0n) is 6.42. The van der Waals surface area contributed by atoms with E-state index in [0.717, 1.165) is 5.92 Å². The lowest BCUT2D eigenvalue weighted by Crippen LogP contribution is -1.97. The van der Waals surface area contributed by atoms with Gasteiger partial charge in [0.15, 0.2) is 0 Å². The van der Waals surface area contributed by atoms with Gasteiger partial charge in [-0.15, -0.1) is 0 Å². The highest BCUT2D eigenvalue weighted by Gasteiger charge is 2.26. The van der Waals surface area contributed by atoms with Crippen molar-refractivity contribution in [3.05, 3.63) is 23.7 Å². The van der Waals surface area contributed by atoms with Crippen LogP contribution in [0.4, 0.5) is 0 Å². The molecule has 2 unspecified atom stereocenters. The quantitative estimate of drug-likeness (QED) is 0.534. The Labute approximate surface area is 61.0 Å². The van der Waals surface area contributed by atoms with E-state index >= 15 is 0 Å². The fourth-order valence-electron chi connectivity index (χ4n) is 1.73. The first-order valence-electron chi connectivity index (χ1n) is 3.84. The monoisotopic (exact) mass is 136 g/mol. The van der Waals surface area contributed by atoms with Crippen molar-refractivity contribution in [1.29, 1.82) is 0 Å². The lowest BCUT2D eigenvalue weighted by atomic mass is 9.98. The van der Waals surface area contributed by atoms with Gasteiger partial charge in [-0.3, -0.25) is 0 Å². The standard InChI is InChI=1S/C9H12O/c1-6-3-8-4-10-5-9(8)7(6)2/h4-7H,3H2,1-2H3. The lowest BCUT2D eigenvalue weighted by molar-refractivity contribution is 0.495. The molecule has 0 saturated heterocycles. The third kappa shape index (κ3) is 0.634. The molecule has 0 amide bonds. The molecule has 1 heterocycles. The van der Waals surface area contributed by atoms with Crippen LogP contribution in [-0.2, 0) is 6.42 Å². The van der Waals surface area contributed by atoms with Crippen LogP contribution in [0.3, 0.4) is 0 Å². The van der Waals surface area contributed by atoms with Crippen LogP contribution >= 0.6 is 0 Å². The molecule has 0 N–H and O–H groups in total. The first-order valence-corrected chi connectivity index (χ1v) is 3.84. The van der Waals surface area contributed by atoms with E-state index in [2.05, 4.69) is 13.8 Å². The van der Waals surface area contributed by atoms with Gasteiger partial charge in [0, 0.05) is 0 Å². The van der Waals surface area contributed by atoms with Crippen molar-refractivity contribution in [2.45, 2.75) is 26.2 Å². The molecule has 1 aromatic rings. The van der Waals surface area contributed by atoms with Gasteiger partial charge < -0.3 is 4.42 Å². The highest BCUT2D eigenvalue weighted by molar-refractivity contribution is 5.30. The van der Waals surface area contributed by atoms with Crippen molar-refractivity contribution >= 4 is 0 Å². The Bertz CT molecular complexity index is 237. The molecule has 0 radical (unpaired) electrons. The maximum atomic E-state index is 5.11. The van der Waals surface area contributed by atoms with Gasteiger partial charge in [0.25, 0.3) is 0 Å². The van der Waals surface area contributed by atoms with Gasteiger partial charge in [0.1, 0.15) is 0 Å². The molecule has 1 aromatic heterocycles. The molecule has 2 rings (SSSR count). The van der Waals surface area contributed by atoms with Crippen LogP contribution < -0.4 is 0 Å². The first-order chi connectivity index (χ1) is 4.79. The van der Waals surface area contributed by atoms with Gasteiger partial charge in [-0.2, -0.15) is 0 Å². The molecule has 0 spiro atoms. The summed E-state index contributed by atoms with van der Waals surface area (Å²) in [6, 6.07) is 0. The summed E-state index contributed by atoms with van der Waals surface area (Å²) >= 11 is 0. The predicted molar refractivity (Wildman–Crippen MR) is 40.0 cm³/mol. The molecule has 0 fully saturated rings. The highest BCUT2D eigenvalue weighted by atomic mass is 16.3. The summed E-state index contributed by atoms with van der Waals surface area (Å²) in [7, 11) is 0. The van der Waals surface area contributed by atoms with E-state index in [-0.39, 0.29) is 0 Å². The van der Waals surface area contributed by atoms with Crippen molar-refractivity contribution < 1.29 is 4.42 Å². The van der Waals surface area contributed by atoms with E-state index < -0.39 is 0 Å². The van der Waals surface area contributed by atoms with Crippen molar-refractivity contribution in [1.82, 2.24) is 0 Å². The largest absolute Gasteiger partial charge is 0.472 e. The van der Waals surface area contributed by atoms with Crippen LogP contribution in [0.25, 0.3) is 0 Å².